The maximum atomic E-state index is 12.1. The van der Waals surface area contributed by atoms with Crippen LogP contribution in [0.1, 0.15) is 5.56 Å². The van der Waals surface area contributed by atoms with Gasteiger partial charge in [0.05, 0.1) is 5.88 Å². The molecule has 0 aliphatic rings. The van der Waals surface area contributed by atoms with E-state index in [4.69, 9.17) is 17.3 Å². The van der Waals surface area contributed by atoms with Gasteiger partial charge in [0.2, 0.25) is 0 Å². The lowest BCUT2D eigenvalue weighted by Crippen LogP contribution is -2.12. The summed E-state index contributed by atoms with van der Waals surface area (Å²) in [6, 6.07) is 4.66. The van der Waals surface area contributed by atoms with Crippen molar-refractivity contribution in [1.29, 1.82) is 0 Å². The minimum atomic E-state index is -2.89. The predicted octanol–water partition coefficient (Wildman–Crippen LogP) is 2.82. The van der Waals surface area contributed by atoms with Crippen LogP contribution in [-0.2, 0) is 0 Å². The molecular formula is C10H11ClF2N2O. The Balaban J connectivity index is 3.08. The first-order chi connectivity index (χ1) is 7.52. The number of ether oxygens (including phenoxy) is 1. The predicted molar refractivity (Wildman–Crippen MR) is 59.8 cm³/mol. The smallest absolute Gasteiger partial charge is 0.387 e. The normalized spacial score (nSPS) is 11.9. The number of aliphatic imine (C=N–C) groups is 1. The van der Waals surface area contributed by atoms with E-state index in [0.717, 1.165) is 5.56 Å². The summed E-state index contributed by atoms with van der Waals surface area (Å²) in [5.74, 6) is 0.155. The molecule has 0 amide bonds. The highest BCUT2D eigenvalue weighted by Gasteiger charge is 2.09. The molecule has 3 nitrogen and oxygen atoms in total. The maximum Gasteiger partial charge on any atom is 0.387 e. The molecule has 0 saturated heterocycles. The van der Waals surface area contributed by atoms with E-state index in [9.17, 15) is 8.78 Å². The van der Waals surface area contributed by atoms with E-state index in [1.165, 1.54) is 6.07 Å². The van der Waals surface area contributed by atoms with E-state index in [-0.39, 0.29) is 23.2 Å². The Hall–Kier alpha value is -1.36. The quantitative estimate of drug-likeness (QED) is 0.506. The van der Waals surface area contributed by atoms with Crippen LogP contribution in [0.4, 0.5) is 14.5 Å². The van der Waals surface area contributed by atoms with Crippen molar-refractivity contribution in [3.63, 3.8) is 0 Å². The van der Waals surface area contributed by atoms with Gasteiger partial charge >= 0.3 is 6.61 Å². The molecule has 16 heavy (non-hydrogen) atoms. The van der Waals surface area contributed by atoms with E-state index in [1.807, 2.05) is 6.92 Å². The zero-order chi connectivity index (χ0) is 12.1. The first kappa shape index (κ1) is 12.7. The molecule has 1 aromatic rings. The first-order valence-corrected chi connectivity index (χ1v) is 5.01. The van der Waals surface area contributed by atoms with Gasteiger partial charge in [-0.3, -0.25) is 0 Å². The molecule has 0 spiro atoms. The number of amidine groups is 1. The average molecular weight is 249 g/mol. The highest BCUT2D eigenvalue weighted by molar-refractivity contribution is 6.28. The van der Waals surface area contributed by atoms with Gasteiger partial charge < -0.3 is 10.5 Å². The van der Waals surface area contributed by atoms with E-state index >= 15 is 0 Å². The Morgan fingerprint density at radius 3 is 2.81 bits per heavy atom. The highest BCUT2D eigenvalue weighted by atomic mass is 35.5. The maximum absolute atomic E-state index is 12.1. The van der Waals surface area contributed by atoms with Crippen LogP contribution < -0.4 is 10.5 Å². The lowest BCUT2D eigenvalue weighted by atomic mass is 10.2. The van der Waals surface area contributed by atoms with Crippen molar-refractivity contribution in [2.45, 2.75) is 13.5 Å². The summed E-state index contributed by atoms with van der Waals surface area (Å²) in [6.45, 7) is -1.09. The monoisotopic (exact) mass is 248 g/mol. The number of hydrogen-bond donors (Lipinski definition) is 1. The summed E-state index contributed by atoms with van der Waals surface area (Å²) in [6.07, 6.45) is 0. The van der Waals surface area contributed by atoms with E-state index in [0.29, 0.717) is 0 Å². The fourth-order valence-corrected chi connectivity index (χ4v) is 1.15. The molecule has 0 fully saturated rings. The van der Waals surface area contributed by atoms with Crippen molar-refractivity contribution in [2.24, 2.45) is 10.7 Å². The lowest BCUT2D eigenvalue weighted by Gasteiger charge is -2.08. The van der Waals surface area contributed by atoms with Gasteiger partial charge in [0.15, 0.2) is 5.75 Å². The van der Waals surface area contributed by atoms with Crippen molar-refractivity contribution in [3.8, 4) is 5.75 Å². The van der Waals surface area contributed by atoms with E-state index in [1.54, 1.807) is 12.1 Å². The van der Waals surface area contributed by atoms with Crippen LogP contribution in [0.25, 0.3) is 0 Å². The second-order valence-corrected chi connectivity index (χ2v) is 3.35. The fraction of sp³-hybridized carbons (Fsp3) is 0.300. The molecule has 2 N–H and O–H groups in total. The molecule has 0 aromatic heterocycles. The van der Waals surface area contributed by atoms with Gasteiger partial charge in [-0.1, -0.05) is 6.07 Å². The number of alkyl halides is 3. The Labute approximate surface area is 96.9 Å². The molecule has 88 valence electrons. The zero-order valence-corrected chi connectivity index (χ0v) is 9.34. The Morgan fingerprint density at radius 1 is 1.56 bits per heavy atom. The third-order valence-electron chi connectivity index (χ3n) is 1.73. The van der Waals surface area contributed by atoms with Gasteiger partial charge in [0, 0.05) is 0 Å². The summed E-state index contributed by atoms with van der Waals surface area (Å²) in [7, 11) is 0. The highest BCUT2D eigenvalue weighted by Crippen LogP contribution is 2.29. The summed E-state index contributed by atoms with van der Waals surface area (Å²) in [5, 5.41) is 0. The van der Waals surface area contributed by atoms with Crippen molar-refractivity contribution >= 4 is 23.1 Å². The molecule has 1 aromatic carbocycles. The molecule has 0 saturated carbocycles. The summed E-state index contributed by atoms with van der Waals surface area (Å²) in [5.41, 5.74) is 6.54. The van der Waals surface area contributed by atoms with E-state index in [2.05, 4.69) is 9.73 Å². The van der Waals surface area contributed by atoms with Crippen molar-refractivity contribution in [3.05, 3.63) is 23.8 Å². The molecule has 0 heterocycles. The van der Waals surface area contributed by atoms with Crippen molar-refractivity contribution in [2.75, 3.05) is 5.88 Å². The van der Waals surface area contributed by atoms with Crippen LogP contribution >= 0.6 is 11.6 Å². The number of nitrogens with two attached hydrogens (primary N) is 1. The SMILES string of the molecule is Cc1ccc(OC(F)F)c(N=C(N)CCl)c1. The van der Waals surface area contributed by atoms with Gasteiger partial charge in [-0.15, -0.1) is 11.6 Å². The number of nitrogens with zero attached hydrogens (tertiary/aromatic N) is 1. The van der Waals surface area contributed by atoms with Crippen LogP contribution in [0, 0.1) is 6.92 Å². The summed E-state index contributed by atoms with van der Waals surface area (Å²) >= 11 is 5.45. The third-order valence-corrected chi connectivity index (χ3v) is 2.01. The van der Waals surface area contributed by atoms with E-state index < -0.39 is 6.61 Å². The van der Waals surface area contributed by atoms with Gasteiger partial charge in [0.1, 0.15) is 11.5 Å². The van der Waals surface area contributed by atoms with Crippen LogP contribution in [0.5, 0.6) is 5.75 Å². The van der Waals surface area contributed by atoms with Crippen LogP contribution in [0.15, 0.2) is 23.2 Å². The molecule has 6 heteroatoms. The Kier molecular flexibility index (Phi) is 4.49. The zero-order valence-electron chi connectivity index (χ0n) is 8.58. The number of hydrogen-bond acceptors (Lipinski definition) is 2. The van der Waals surface area contributed by atoms with Gasteiger partial charge in [-0.05, 0) is 24.6 Å². The first-order valence-electron chi connectivity index (χ1n) is 4.47. The summed E-state index contributed by atoms with van der Waals surface area (Å²) < 4.78 is 28.5. The number of rotatable bonds is 4. The second-order valence-electron chi connectivity index (χ2n) is 3.09. The topological polar surface area (TPSA) is 47.6 Å². The molecule has 0 atom stereocenters. The average Bonchev–Trinajstić information content (AvgIpc) is 2.21. The molecule has 0 unspecified atom stereocenters. The molecule has 0 aliphatic heterocycles. The largest absolute Gasteiger partial charge is 0.433 e. The third kappa shape index (κ3) is 3.66. The number of benzene rings is 1. The number of aryl methyl sites for hydroxylation is 1. The molecular weight excluding hydrogens is 238 g/mol. The standard InChI is InChI=1S/C10H11ClF2N2O/c1-6-2-3-8(16-10(12)13)7(4-6)15-9(14)5-11/h2-4,10H,5H2,1H3,(H2,14,15). The van der Waals surface area contributed by atoms with Crippen LogP contribution in [0.2, 0.25) is 0 Å². The summed E-state index contributed by atoms with van der Waals surface area (Å²) in [4.78, 5) is 3.90. The van der Waals surface area contributed by atoms with Gasteiger partial charge in [-0.2, -0.15) is 8.78 Å². The number of halogens is 3. The van der Waals surface area contributed by atoms with Crippen molar-refractivity contribution in [1.82, 2.24) is 0 Å². The molecule has 0 bridgehead atoms. The fourth-order valence-electron chi connectivity index (χ4n) is 1.10. The van der Waals surface area contributed by atoms with Crippen LogP contribution in [-0.4, -0.2) is 18.3 Å². The lowest BCUT2D eigenvalue weighted by molar-refractivity contribution is -0.0494. The molecule has 0 radical (unpaired) electrons. The second kappa shape index (κ2) is 5.65. The Morgan fingerprint density at radius 2 is 2.25 bits per heavy atom. The van der Waals surface area contributed by atoms with Gasteiger partial charge in [0.25, 0.3) is 0 Å². The minimum Gasteiger partial charge on any atom is -0.433 e. The van der Waals surface area contributed by atoms with Gasteiger partial charge in [-0.25, -0.2) is 4.99 Å². The molecule has 0 aliphatic carbocycles. The van der Waals surface area contributed by atoms with Crippen LogP contribution in [0.3, 0.4) is 0 Å². The Bertz CT molecular complexity index is 396. The molecule has 1 rings (SSSR count). The minimum absolute atomic E-state index is 0.0198. The van der Waals surface area contributed by atoms with Crippen molar-refractivity contribution < 1.29 is 13.5 Å².